The van der Waals surface area contributed by atoms with E-state index in [-0.39, 0.29) is 18.3 Å². The molecule has 0 unspecified atom stereocenters. The summed E-state index contributed by atoms with van der Waals surface area (Å²) in [6.07, 6.45) is 1.71. The van der Waals surface area contributed by atoms with Crippen LogP contribution in [0.3, 0.4) is 0 Å². The number of rotatable bonds is 9. The van der Waals surface area contributed by atoms with E-state index in [0.717, 1.165) is 0 Å². The van der Waals surface area contributed by atoms with Crippen LogP contribution in [0.2, 0.25) is 5.02 Å². The highest BCUT2D eigenvalue weighted by Crippen LogP contribution is 2.20. The Morgan fingerprint density at radius 1 is 1.28 bits per heavy atom. The summed E-state index contributed by atoms with van der Waals surface area (Å²) in [5.41, 5.74) is 0.403. The van der Waals surface area contributed by atoms with E-state index in [1.165, 1.54) is 30.0 Å². The summed E-state index contributed by atoms with van der Waals surface area (Å²) < 4.78 is 20.8. The molecule has 3 aromatic rings. The van der Waals surface area contributed by atoms with Crippen LogP contribution in [0, 0.1) is 5.82 Å². The molecule has 6 nitrogen and oxygen atoms in total. The number of thioether (sulfide) groups is 1. The molecule has 0 bridgehead atoms. The number of aromatic nitrogens is 3. The molecular weight excluding hydrogens is 415 g/mol. The van der Waals surface area contributed by atoms with E-state index in [1.807, 2.05) is 4.57 Å². The summed E-state index contributed by atoms with van der Waals surface area (Å²) in [5.74, 6) is 0.683. The predicted molar refractivity (Wildman–Crippen MR) is 112 cm³/mol. The summed E-state index contributed by atoms with van der Waals surface area (Å²) in [5, 5.41) is 12.1. The number of carbonyl (C=O) groups excluding carboxylic acids is 1. The second kappa shape index (κ2) is 10.1. The van der Waals surface area contributed by atoms with Gasteiger partial charge in [-0.2, -0.15) is 0 Å². The largest absolute Gasteiger partial charge is 0.486 e. The van der Waals surface area contributed by atoms with Crippen molar-refractivity contribution in [3.8, 4) is 5.75 Å². The molecule has 0 saturated carbocycles. The Labute approximate surface area is 176 Å². The van der Waals surface area contributed by atoms with Crippen molar-refractivity contribution < 1.29 is 13.9 Å². The van der Waals surface area contributed by atoms with Gasteiger partial charge in [-0.3, -0.25) is 9.36 Å². The summed E-state index contributed by atoms with van der Waals surface area (Å²) in [7, 11) is 0. The van der Waals surface area contributed by atoms with Crippen molar-refractivity contribution in [2.75, 3.05) is 11.1 Å². The molecular formula is C20H18ClFN4O2S. The highest BCUT2D eigenvalue weighted by molar-refractivity contribution is 7.99. The molecule has 0 aliphatic heterocycles. The summed E-state index contributed by atoms with van der Waals surface area (Å²) >= 11 is 7.10. The molecule has 0 saturated heterocycles. The molecule has 0 spiro atoms. The van der Waals surface area contributed by atoms with Gasteiger partial charge in [0.15, 0.2) is 11.0 Å². The molecule has 0 aliphatic rings. The molecule has 0 aliphatic carbocycles. The Hall–Kier alpha value is -2.84. The van der Waals surface area contributed by atoms with Crippen LogP contribution in [0.1, 0.15) is 5.82 Å². The van der Waals surface area contributed by atoms with Gasteiger partial charge in [0.05, 0.1) is 5.75 Å². The van der Waals surface area contributed by atoms with Gasteiger partial charge in [0, 0.05) is 17.3 Å². The monoisotopic (exact) mass is 432 g/mol. The highest BCUT2D eigenvalue weighted by Gasteiger charge is 2.14. The fourth-order valence-electron chi connectivity index (χ4n) is 2.42. The SMILES string of the molecule is C=CCn1c(COc2ccc(Cl)cc2)nnc1SCC(=O)Nc1cccc(F)c1. The Bertz CT molecular complexity index is 994. The van der Waals surface area contributed by atoms with E-state index in [4.69, 9.17) is 16.3 Å². The third-order valence-corrected chi connectivity index (χ3v) is 4.95. The fourth-order valence-corrected chi connectivity index (χ4v) is 3.31. The lowest BCUT2D eigenvalue weighted by atomic mass is 10.3. The van der Waals surface area contributed by atoms with Crippen LogP contribution in [0.15, 0.2) is 66.3 Å². The first-order chi connectivity index (χ1) is 14.0. The van der Waals surface area contributed by atoms with Gasteiger partial charge in [-0.25, -0.2) is 4.39 Å². The minimum absolute atomic E-state index is 0.101. The summed E-state index contributed by atoms with van der Waals surface area (Å²) in [6.45, 7) is 4.43. The van der Waals surface area contributed by atoms with Crippen LogP contribution >= 0.6 is 23.4 Å². The van der Waals surface area contributed by atoms with Crippen LogP contribution in [0.25, 0.3) is 0 Å². The predicted octanol–water partition coefficient (Wildman–Crippen LogP) is 4.57. The average Bonchev–Trinajstić information content (AvgIpc) is 3.08. The number of nitrogens with one attached hydrogen (secondary N) is 1. The molecule has 1 aromatic heterocycles. The number of allylic oxidation sites excluding steroid dienone is 1. The average molecular weight is 433 g/mol. The van der Waals surface area contributed by atoms with E-state index in [2.05, 4.69) is 22.1 Å². The Balaban J connectivity index is 1.60. The van der Waals surface area contributed by atoms with Crippen molar-refractivity contribution in [1.82, 2.24) is 14.8 Å². The highest BCUT2D eigenvalue weighted by atomic mass is 35.5. The van der Waals surface area contributed by atoms with Crippen LogP contribution in [0.4, 0.5) is 10.1 Å². The van der Waals surface area contributed by atoms with E-state index in [9.17, 15) is 9.18 Å². The quantitative estimate of drug-likeness (QED) is 0.396. The number of carbonyl (C=O) groups is 1. The van der Waals surface area contributed by atoms with E-state index in [0.29, 0.717) is 34.0 Å². The van der Waals surface area contributed by atoms with Gasteiger partial charge in [0.2, 0.25) is 5.91 Å². The van der Waals surface area contributed by atoms with Crippen molar-refractivity contribution in [1.29, 1.82) is 0 Å². The Morgan fingerprint density at radius 3 is 2.79 bits per heavy atom. The van der Waals surface area contributed by atoms with Gasteiger partial charge in [-0.05, 0) is 42.5 Å². The van der Waals surface area contributed by atoms with Crippen molar-refractivity contribution >= 4 is 35.0 Å². The van der Waals surface area contributed by atoms with Crippen LogP contribution < -0.4 is 10.1 Å². The number of anilines is 1. The van der Waals surface area contributed by atoms with Crippen LogP contribution in [-0.4, -0.2) is 26.4 Å². The first-order valence-corrected chi connectivity index (χ1v) is 10.0. The minimum atomic E-state index is -0.411. The molecule has 0 atom stereocenters. The van der Waals surface area contributed by atoms with Crippen molar-refractivity contribution in [3.63, 3.8) is 0 Å². The number of halogens is 2. The first kappa shape index (κ1) is 20.9. The minimum Gasteiger partial charge on any atom is -0.486 e. The lowest BCUT2D eigenvalue weighted by molar-refractivity contribution is -0.113. The van der Waals surface area contributed by atoms with Crippen molar-refractivity contribution in [3.05, 3.63) is 77.9 Å². The van der Waals surface area contributed by atoms with Gasteiger partial charge >= 0.3 is 0 Å². The molecule has 150 valence electrons. The maximum Gasteiger partial charge on any atom is 0.234 e. The number of benzene rings is 2. The smallest absolute Gasteiger partial charge is 0.234 e. The zero-order valence-corrected chi connectivity index (χ0v) is 16.9. The van der Waals surface area contributed by atoms with Gasteiger partial charge in [-0.1, -0.05) is 35.5 Å². The van der Waals surface area contributed by atoms with Gasteiger partial charge in [-0.15, -0.1) is 16.8 Å². The topological polar surface area (TPSA) is 69.0 Å². The van der Waals surface area contributed by atoms with E-state index < -0.39 is 5.82 Å². The lowest BCUT2D eigenvalue weighted by Gasteiger charge is -2.09. The zero-order chi connectivity index (χ0) is 20.6. The third kappa shape index (κ3) is 6.07. The van der Waals surface area contributed by atoms with Crippen molar-refractivity contribution in [2.24, 2.45) is 0 Å². The Kier molecular flexibility index (Phi) is 7.26. The van der Waals surface area contributed by atoms with Gasteiger partial charge in [0.1, 0.15) is 18.2 Å². The maximum atomic E-state index is 13.2. The zero-order valence-electron chi connectivity index (χ0n) is 15.3. The molecule has 9 heteroatoms. The number of hydrogen-bond acceptors (Lipinski definition) is 5. The number of amides is 1. The summed E-state index contributed by atoms with van der Waals surface area (Å²) in [6, 6.07) is 12.7. The second-order valence-corrected chi connectivity index (χ2v) is 7.27. The molecule has 0 fully saturated rings. The van der Waals surface area contributed by atoms with E-state index >= 15 is 0 Å². The third-order valence-electron chi connectivity index (χ3n) is 3.73. The van der Waals surface area contributed by atoms with Gasteiger partial charge < -0.3 is 10.1 Å². The lowest BCUT2D eigenvalue weighted by Crippen LogP contribution is -2.15. The number of hydrogen-bond donors (Lipinski definition) is 1. The number of nitrogens with zero attached hydrogens (tertiary/aromatic N) is 3. The normalized spacial score (nSPS) is 10.6. The molecule has 3 rings (SSSR count). The fraction of sp³-hybridized carbons (Fsp3) is 0.150. The second-order valence-electron chi connectivity index (χ2n) is 5.89. The summed E-state index contributed by atoms with van der Waals surface area (Å²) in [4.78, 5) is 12.1. The molecule has 2 aromatic carbocycles. The molecule has 1 heterocycles. The molecule has 1 amide bonds. The molecule has 1 N–H and O–H groups in total. The maximum absolute atomic E-state index is 13.2. The first-order valence-electron chi connectivity index (χ1n) is 8.64. The van der Waals surface area contributed by atoms with Gasteiger partial charge in [0.25, 0.3) is 0 Å². The molecule has 0 radical (unpaired) electrons. The van der Waals surface area contributed by atoms with E-state index in [1.54, 1.807) is 36.4 Å². The number of ether oxygens (including phenoxy) is 1. The van der Waals surface area contributed by atoms with Crippen LogP contribution in [0.5, 0.6) is 5.75 Å². The Morgan fingerprint density at radius 2 is 2.07 bits per heavy atom. The standard InChI is InChI=1S/C20H18ClFN4O2S/c1-2-10-26-18(12-28-17-8-6-14(21)7-9-17)24-25-20(26)29-13-19(27)23-16-5-3-4-15(22)11-16/h2-9,11H,1,10,12-13H2,(H,23,27). The molecule has 29 heavy (non-hydrogen) atoms. The van der Waals surface area contributed by atoms with Crippen molar-refractivity contribution in [2.45, 2.75) is 18.3 Å². The van der Waals surface area contributed by atoms with Crippen LogP contribution in [-0.2, 0) is 17.9 Å².